The first-order valence-electron chi connectivity index (χ1n) is 6.25. The number of hydrogen-bond donors (Lipinski definition) is 3. The number of rotatable bonds is 3. The monoisotopic (exact) mass is 280 g/mol. The van der Waals surface area contributed by atoms with Crippen molar-refractivity contribution in [3.05, 3.63) is 54.2 Å². The summed E-state index contributed by atoms with van der Waals surface area (Å²) in [4.78, 5) is 0. The number of phenols is 2. The van der Waals surface area contributed by atoms with Crippen LogP contribution < -0.4 is 5.43 Å². The normalized spacial score (nSPS) is 11.0. The number of aromatic hydroxyl groups is 2. The number of benzene rings is 2. The molecule has 104 valence electrons. The number of phenolic OH excluding ortho intramolecular Hbond substituents is 2. The van der Waals surface area contributed by atoms with Crippen molar-refractivity contribution in [1.29, 1.82) is 0 Å². The SMILES string of the molecule is Oc1ccc(C=NNc2nncc3ccccc23)c(O)c1. The highest BCUT2D eigenvalue weighted by molar-refractivity contribution is 5.91. The zero-order valence-electron chi connectivity index (χ0n) is 10.9. The van der Waals surface area contributed by atoms with Crippen molar-refractivity contribution in [1.82, 2.24) is 10.2 Å². The van der Waals surface area contributed by atoms with Crippen LogP contribution in [0.4, 0.5) is 5.82 Å². The summed E-state index contributed by atoms with van der Waals surface area (Å²) < 4.78 is 0. The first kappa shape index (κ1) is 12.9. The Morgan fingerprint density at radius 1 is 1.10 bits per heavy atom. The summed E-state index contributed by atoms with van der Waals surface area (Å²) in [6.07, 6.45) is 3.12. The van der Waals surface area contributed by atoms with Gasteiger partial charge in [-0.1, -0.05) is 24.3 Å². The fraction of sp³-hybridized carbons (Fsp3) is 0. The molecule has 0 fully saturated rings. The van der Waals surface area contributed by atoms with E-state index in [0.29, 0.717) is 11.4 Å². The third kappa shape index (κ3) is 2.74. The molecule has 6 heteroatoms. The molecule has 0 bridgehead atoms. The largest absolute Gasteiger partial charge is 0.508 e. The van der Waals surface area contributed by atoms with E-state index in [1.165, 1.54) is 18.3 Å². The van der Waals surface area contributed by atoms with Crippen LogP contribution in [0.15, 0.2) is 53.8 Å². The Hall–Kier alpha value is -3.15. The molecule has 0 aliphatic rings. The van der Waals surface area contributed by atoms with Gasteiger partial charge in [0, 0.05) is 22.4 Å². The van der Waals surface area contributed by atoms with E-state index in [1.807, 2.05) is 24.3 Å². The van der Waals surface area contributed by atoms with Gasteiger partial charge in [0.1, 0.15) is 11.5 Å². The van der Waals surface area contributed by atoms with Crippen molar-refractivity contribution in [2.24, 2.45) is 5.10 Å². The summed E-state index contributed by atoms with van der Waals surface area (Å²) >= 11 is 0. The summed E-state index contributed by atoms with van der Waals surface area (Å²) in [6.45, 7) is 0. The van der Waals surface area contributed by atoms with Crippen LogP contribution >= 0.6 is 0 Å². The van der Waals surface area contributed by atoms with Crippen LogP contribution in [0.2, 0.25) is 0 Å². The second-order valence-corrected chi connectivity index (χ2v) is 4.39. The average Bonchev–Trinajstić information content (AvgIpc) is 2.50. The van der Waals surface area contributed by atoms with E-state index in [2.05, 4.69) is 20.7 Å². The van der Waals surface area contributed by atoms with E-state index in [-0.39, 0.29) is 11.5 Å². The van der Waals surface area contributed by atoms with Crippen LogP contribution in [-0.2, 0) is 0 Å². The van der Waals surface area contributed by atoms with Gasteiger partial charge < -0.3 is 10.2 Å². The Kier molecular flexibility index (Phi) is 3.34. The molecular formula is C15H12N4O2. The van der Waals surface area contributed by atoms with E-state index in [1.54, 1.807) is 12.3 Å². The Bertz CT molecular complexity index is 812. The van der Waals surface area contributed by atoms with Crippen molar-refractivity contribution in [3.8, 4) is 11.5 Å². The molecule has 1 heterocycles. The molecule has 0 spiro atoms. The molecular weight excluding hydrogens is 268 g/mol. The summed E-state index contributed by atoms with van der Waals surface area (Å²) in [6, 6.07) is 12.0. The van der Waals surface area contributed by atoms with Crippen molar-refractivity contribution >= 4 is 22.8 Å². The molecule has 2 aromatic carbocycles. The number of aromatic nitrogens is 2. The quantitative estimate of drug-likeness (QED) is 0.506. The Balaban J connectivity index is 1.84. The van der Waals surface area contributed by atoms with Crippen molar-refractivity contribution < 1.29 is 10.2 Å². The highest BCUT2D eigenvalue weighted by Crippen LogP contribution is 2.21. The Labute approximate surface area is 120 Å². The van der Waals surface area contributed by atoms with Gasteiger partial charge in [-0.2, -0.15) is 10.2 Å². The summed E-state index contributed by atoms with van der Waals surface area (Å²) in [5.41, 5.74) is 3.28. The molecule has 1 aromatic heterocycles. The van der Waals surface area contributed by atoms with Crippen LogP contribution in [0, 0.1) is 0 Å². The molecule has 0 radical (unpaired) electrons. The molecule has 0 saturated heterocycles. The number of anilines is 1. The molecule has 0 aliphatic carbocycles. The zero-order valence-corrected chi connectivity index (χ0v) is 10.9. The van der Waals surface area contributed by atoms with E-state index >= 15 is 0 Å². The standard InChI is InChI=1S/C15H12N4O2/c20-12-6-5-11(14(21)7-12)9-17-19-15-13-4-2-1-3-10(13)8-16-18-15/h1-9,20-21H,(H,18,19). The van der Waals surface area contributed by atoms with Gasteiger partial charge in [0.05, 0.1) is 12.4 Å². The fourth-order valence-electron chi connectivity index (χ4n) is 1.91. The van der Waals surface area contributed by atoms with Crippen LogP contribution in [0.25, 0.3) is 10.8 Å². The third-order valence-corrected chi connectivity index (χ3v) is 2.96. The maximum Gasteiger partial charge on any atom is 0.176 e. The topological polar surface area (TPSA) is 90.6 Å². The third-order valence-electron chi connectivity index (χ3n) is 2.96. The second kappa shape index (κ2) is 5.46. The predicted octanol–water partition coefficient (Wildman–Crippen LogP) is 2.49. The molecule has 0 aliphatic heterocycles. The summed E-state index contributed by atoms with van der Waals surface area (Å²) in [7, 11) is 0. The first-order valence-corrected chi connectivity index (χ1v) is 6.25. The second-order valence-electron chi connectivity index (χ2n) is 4.39. The highest BCUT2D eigenvalue weighted by atomic mass is 16.3. The lowest BCUT2D eigenvalue weighted by atomic mass is 10.2. The van der Waals surface area contributed by atoms with Crippen LogP contribution in [0.3, 0.4) is 0 Å². The first-order chi connectivity index (χ1) is 10.2. The van der Waals surface area contributed by atoms with Crippen LogP contribution in [0.1, 0.15) is 5.56 Å². The number of nitrogens with one attached hydrogen (secondary N) is 1. The van der Waals surface area contributed by atoms with Gasteiger partial charge in [0.25, 0.3) is 0 Å². The van der Waals surface area contributed by atoms with Gasteiger partial charge in [0.2, 0.25) is 0 Å². The lowest BCUT2D eigenvalue weighted by molar-refractivity contribution is 0.450. The minimum atomic E-state index is -0.0513. The fourth-order valence-corrected chi connectivity index (χ4v) is 1.91. The van der Waals surface area contributed by atoms with Crippen molar-refractivity contribution in [3.63, 3.8) is 0 Å². The lowest BCUT2D eigenvalue weighted by Crippen LogP contribution is -1.96. The van der Waals surface area contributed by atoms with Gasteiger partial charge in [-0.3, -0.25) is 5.43 Å². The minimum Gasteiger partial charge on any atom is -0.508 e. The van der Waals surface area contributed by atoms with Crippen molar-refractivity contribution in [2.45, 2.75) is 0 Å². The smallest absolute Gasteiger partial charge is 0.176 e. The molecule has 3 rings (SSSR count). The average molecular weight is 280 g/mol. The Morgan fingerprint density at radius 3 is 2.81 bits per heavy atom. The molecule has 0 unspecified atom stereocenters. The summed E-state index contributed by atoms with van der Waals surface area (Å²) in [5.74, 6) is 0.477. The number of hydrogen-bond acceptors (Lipinski definition) is 6. The predicted molar refractivity (Wildman–Crippen MR) is 80.5 cm³/mol. The van der Waals surface area contributed by atoms with Crippen LogP contribution in [-0.4, -0.2) is 26.6 Å². The number of hydrazone groups is 1. The van der Waals surface area contributed by atoms with Gasteiger partial charge >= 0.3 is 0 Å². The van der Waals surface area contributed by atoms with Crippen LogP contribution in [0.5, 0.6) is 11.5 Å². The maximum atomic E-state index is 9.65. The minimum absolute atomic E-state index is 0.00229. The summed E-state index contributed by atoms with van der Waals surface area (Å²) in [5, 5.41) is 32.7. The molecule has 0 saturated carbocycles. The Morgan fingerprint density at radius 2 is 1.95 bits per heavy atom. The molecule has 3 aromatic rings. The van der Waals surface area contributed by atoms with E-state index in [4.69, 9.17) is 0 Å². The molecule has 3 N–H and O–H groups in total. The number of nitrogens with zero attached hydrogens (tertiary/aromatic N) is 3. The van der Waals surface area contributed by atoms with E-state index in [0.717, 1.165) is 10.8 Å². The van der Waals surface area contributed by atoms with E-state index in [9.17, 15) is 10.2 Å². The lowest BCUT2D eigenvalue weighted by Gasteiger charge is -2.03. The van der Waals surface area contributed by atoms with Gasteiger partial charge in [0.15, 0.2) is 5.82 Å². The van der Waals surface area contributed by atoms with Gasteiger partial charge in [-0.05, 0) is 12.1 Å². The maximum absolute atomic E-state index is 9.65. The zero-order chi connectivity index (χ0) is 14.7. The van der Waals surface area contributed by atoms with E-state index < -0.39 is 0 Å². The molecule has 0 amide bonds. The number of fused-ring (bicyclic) bond motifs is 1. The van der Waals surface area contributed by atoms with Crippen molar-refractivity contribution in [2.75, 3.05) is 5.43 Å². The van der Waals surface area contributed by atoms with Gasteiger partial charge in [-0.25, -0.2) is 0 Å². The molecule has 6 nitrogen and oxygen atoms in total. The van der Waals surface area contributed by atoms with Gasteiger partial charge in [-0.15, -0.1) is 5.10 Å². The molecule has 0 atom stereocenters. The highest BCUT2D eigenvalue weighted by Gasteiger charge is 2.02. The molecule has 21 heavy (non-hydrogen) atoms.